The maximum atomic E-state index is 12.8. The molecule has 3 rings (SSSR count). The van der Waals surface area contributed by atoms with Crippen LogP contribution in [-0.2, 0) is 14.4 Å². The number of hydrazone groups is 1. The molecule has 1 atom stereocenters. The SMILES string of the molecule is CN1CCSC1=NNC(=O)C(=O)C(NC(=O)C1CCCCC1)C1CCCC1. The van der Waals surface area contributed by atoms with Crippen molar-refractivity contribution in [3.05, 3.63) is 0 Å². The average molecular weight is 395 g/mol. The van der Waals surface area contributed by atoms with E-state index < -0.39 is 17.7 Å². The molecule has 2 saturated carbocycles. The number of ketones is 1. The first-order valence-corrected chi connectivity index (χ1v) is 11.1. The summed E-state index contributed by atoms with van der Waals surface area (Å²) in [6, 6.07) is -0.726. The van der Waals surface area contributed by atoms with E-state index in [1.807, 2.05) is 11.9 Å². The summed E-state index contributed by atoms with van der Waals surface area (Å²) in [7, 11) is 1.90. The highest BCUT2D eigenvalue weighted by molar-refractivity contribution is 8.14. The van der Waals surface area contributed by atoms with Crippen LogP contribution in [0.2, 0.25) is 0 Å². The molecular formula is C19H30N4O3S. The zero-order valence-corrected chi connectivity index (χ0v) is 16.9. The third kappa shape index (κ3) is 5.24. The number of hydrogen-bond acceptors (Lipinski definition) is 5. The lowest BCUT2D eigenvalue weighted by Gasteiger charge is -2.27. The van der Waals surface area contributed by atoms with E-state index in [4.69, 9.17) is 0 Å². The van der Waals surface area contributed by atoms with Gasteiger partial charge in [-0.05, 0) is 31.6 Å². The van der Waals surface area contributed by atoms with Crippen molar-refractivity contribution < 1.29 is 14.4 Å². The highest BCUT2D eigenvalue weighted by atomic mass is 32.2. The zero-order valence-electron chi connectivity index (χ0n) is 16.0. The van der Waals surface area contributed by atoms with Gasteiger partial charge in [0.1, 0.15) is 6.04 Å². The molecule has 1 unspecified atom stereocenters. The number of Topliss-reactive ketones (excluding diaryl/α,β-unsaturated/α-hetero) is 1. The third-order valence-corrected chi connectivity index (χ3v) is 6.94. The van der Waals surface area contributed by atoms with Crippen LogP contribution in [0, 0.1) is 11.8 Å². The van der Waals surface area contributed by atoms with Gasteiger partial charge < -0.3 is 10.2 Å². The molecule has 0 spiro atoms. The van der Waals surface area contributed by atoms with Gasteiger partial charge in [-0.3, -0.25) is 14.4 Å². The molecule has 0 radical (unpaired) electrons. The molecule has 0 bridgehead atoms. The maximum absolute atomic E-state index is 12.8. The van der Waals surface area contributed by atoms with Crippen molar-refractivity contribution in [2.75, 3.05) is 19.3 Å². The number of amides is 2. The lowest BCUT2D eigenvalue weighted by atomic mass is 9.87. The van der Waals surface area contributed by atoms with Crippen LogP contribution in [0.3, 0.4) is 0 Å². The van der Waals surface area contributed by atoms with Gasteiger partial charge >= 0.3 is 5.91 Å². The van der Waals surface area contributed by atoms with Crippen molar-refractivity contribution in [3.8, 4) is 0 Å². The first kappa shape index (κ1) is 20.2. The van der Waals surface area contributed by atoms with Crippen molar-refractivity contribution >= 4 is 34.5 Å². The summed E-state index contributed by atoms with van der Waals surface area (Å²) in [5.74, 6) is -0.425. The van der Waals surface area contributed by atoms with Gasteiger partial charge in [-0.2, -0.15) is 0 Å². The molecule has 3 fully saturated rings. The molecule has 150 valence electrons. The van der Waals surface area contributed by atoms with E-state index in [0.29, 0.717) is 5.17 Å². The number of nitrogens with one attached hydrogen (secondary N) is 2. The van der Waals surface area contributed by atoms with Gasteiger partial charge in [0.05, 0.1) is 0 Å². The molecule has 27 heavy (non-hydrogen) atoms. The second-order valence-electron chi connectivity index (χ2n) is 7.84. The van der Waals surface area contributed by atoms with Crippen LogP contribution in [0.5, 0.6) is 0 Å². The minimum atomic E-state index is -0.732. The summed E-state index contributed by atoms with van der Waals surface area (Å²) >= 11 is 1.55. The van der Waals surface area contributed by atoms with Crippen molar-refractivity contribution in [1.29, 1.82) is 0 Å². The molecule has 1 heterocycles. The highest BCUT2D eigenvalue weighted by Crippen LogP contribution is 2.29. The lowest BCUT2D eigenvalue weighted by Crippen LogP contribution is -2.52. The van der Waals surface area contributed by atoms with E-state index in [2.05, 4.69) is 15.8 Å². The molecule has 2 N–H and O–H groups in total. The number of amidine groups is 1. The summed E-state index contributed by atoms with van der Waals surface area (Å²) in [6.07, 6.45) is 8.87. The molecule has 0 aromatic carbocycles. The van der Waals surface area contributed by atoms with Crippen LogP contribution < -0.4 is 10.7 Å². The van der Waals surface area contributed by atoms with Crippen molar-refractivity contribution in [3.63, 3.8) is 0 Å². The van der Waals surface area contributed by atoms with E-state index in [0.717, 1.165) is 63.7 Å². The van der Waals surface area contributed by atoms with E-state index >= 15 is 0 Å². The Labute approximate surface area is 165 Å². The summed E-state index contributed by atoms with van der Waals surface area (Å²) in [5, 5.41) is 7.72. The summed E-state index contributed by atoms with van der Waals surface area (Å²) in [5.41, 5.74) is 2.40. The maximum Gasteiger partial charge on any atom is 0.309 e. The minimum Gasteiger partial charge on any atom is -0.352 e. The Balaban J connectivity index is 1.63. The lowest BCUT2D eigenvalue weighted by molar-refractivity contribution is -0.141. The highest BCUT2D eigenvalue weighted by Gasteiger charge is 2.37. The Kier molecular flexibility index (Phi) is 7.15. The van der Waals surface area contributed by atoms with Gasteiger partial charge in [-0.1, -0.05) is 43.9 Å². The van der Waals surface area contributed by atoms with E-state index in [1.54, 1.807) is 11.8 Å². The molecule has 0 aromatic rings. The summed E-state index contributed by atoms with van der Waals surface area (Å²) < 4.78 is 0. The van der Waals surface area contributed by atoms with E-state index in [1.165, 1.54) is 6.42 Å². The fourth-order valence-corrected chi connectivity index (χ4v) is 5.19. The first-order chi connectivity index (χ1) is 13.1. The van der Waals surface area contributed by atoms with Crippen LogP contribution in [-0.4, -0.2) is 53.1 Å². The molecule has 1 saturated heterocycles. The Morgan fingerprint density at radius 2 is 1.74 bits per heavy atom. The van der Waals surface area contributed by atoms with Gasteiger partial charge in [0.25, 0.3) is 0 Å². The molecule has 1 aliphatic heterocycles. The molecule has 2 amide bonds. The number of rotatable bonds is 6. The van der Waals surface area contributed by atoms with Crippen molar-refractivity contribution in [2.24, 2.45) is 16.9 Å². The van der Waals surface area contributed by atoms with Gasteiger partial charge in [-0.15, -0.1) is 5.10 Å². The van der Waals surface area contributed by atoms with Crippen LogP contribution in [0.15, 0.2) is 5.10 Å². The summed E-state index contributed by atoms with van der Waals surface area (Å²) in [4.78, 5) is 39.8. The molecular weight excluding hydrogens is 364 g/mol. The van der Waals surface area contributed by atoms with Gasteiger partial charge in [0.15, 0.2) is 5.17 Å². The molecule has 7 nitrogen and oxygen atoms in total. The number of nitrogens with zero attached hydrogens (tertiary/aromatic N) is 2. The second-order valence-corrected chi connectivity index (χ2v) is 8.90. The quantitative estimate of drug-likeness (QED) is 0.530. The molecule has 0 aromatic heterocycles. The Hall–Kier alpha value is -1.57. The number of carbonyl (C=O) groups is 3. The monoisotopic (exact) mass is 394 g/mol. The fraction of sp³-hybridized carbons (Fsp3) is 0.789. The van der Waals surface area contributed by atoms with Gasteiger partial charge in [0, 0.05) is 25.3 Å². The topological polar surface area (TPSA) is 90.9 Å². The third-order valence-electron chi connectivity index (χ3n) is 5.89. The minimum absolute atomic E-state index is 0.0257. The van der Waals surface area contributed by atoms with Gasteiger partial charge in [-0.25, -0.2) is 5.43 Å². The standard InChI is InChI=1S/C19H30N4O3S/c1-23-11-12-27-19(23)22-21-18(26)16(24)15(13-7-5-6-8-13)20-17(25)14-9-3-2-4-10-14/h13-15H,2-12H2,1H3,(H,20,25)(H,21,26). The van der Waals surface area contributed by atoms with Crippen LogP contribution in [0.1, 0.15) is 57.8 Å². The Morgan fingerprint density at radius 3 is 2.37 bits per heavy atom. The fourth-order valence-electron chi connectivity index (χ4n) is 4.22. The van der Waals surface area contributed by atoms with Crippen LogP contribution in [0.4, 0.5) is 0 Å². The van der Waals surface area contributed by atoms with E-state index in [-0.39, 0.29) is 17.7 Å². The number of hydrogen-bond donors (Lipinski definition) is 2. The normalized spacial score (nSPS) is 24.2. The van der Waals surface area contributed by atoms with Crippen LogP contribution >= 0.6 is 11.8 Å². The Bertz CT molecular complexity index is 598. The molecule has 2 aliphatic carbocycles. The zero-order chi connectivity index (χ0) is 19.2. The predicted octanol–water partition coefficient (Wildman–Crippen LogP) is 1.88. The smallest absolute Gasteiger partial charge is 0.309 e. The number of carbonyl (C=O) groups excluding carboxylic acids is 3. The van der Waals surface area contributed by atoms with Crippen LogP contribution in [0.25, 0.3) is 0 Å². The molecule has 3 aliphatic rings. The Morgan fingerprint density at radius 1 is 1.07 bits per heavy atom. The molecule has 8 heteroatoms. The predicted molar refractivity (Wildman–Crippen MR) is 106 cm³/mol. The van der Waals surface area contributed by atoms with Crippen molar-refractivity contribution in [1.82, 2.24) is 15.6 Å². The average Bonchev–Trinajstić information content (AvgIpc) is 3.36. The van der Waals surface area contributed by atoms with Gasteiger partial charge in [0.2, 0.25) is 11.7 Å². The van der Waals surface area contributed by atoms with Crippen molar-refractivity contribution in [2.45, 2.75) is 63.8 Å². The largest absolute Gasteiger partial charge is 0.352 e. The van der Waals surface area contributed by atoms with E-state index in [9.17, 15) is 14.4 Å². The first-order valence-electron chi connectivity index (χ1n) is 10.1. The number of thioether (sulfide) groups is 1. The second kappa shape index (κ2) is 9.57. The summed E-state index contributed by atoms with van der Waals surface area (Å²) in [6.45, 7) is 0.870.